The van der Waals surface area contributed by atoms with Gasteiger partial charge in [-0.2, -0.15) is 0 Å². The number of hydrogen-bond acceptors (Lipinski definition) is 5. The molecule has 0 atom stereocenters. The first-order chi connectivity index (χ1) is 8.49. The Balaban J connectivity index is 2.43. The van der Waals surface area contributed by atoms with Crippen molar-refractivity contribution in [3.63, 3.8) is 0 Å². The molecule has 0 amide bonds. The molecular formula is C11H12N2O5. The fourth-order valence-corrected chi connectivity index (χ4v) is 1.77. The lowest BCUT2D eigenvalue weighted by atomic mass is 10.1. The summed E-state index contributed by atoms with van der Waals surface area (Å²) in [6.07, 6.45) is 1.41. The van der Waals surface area contributed by atoms with Crippen molar-refractivity contribution >= 4 is 17.3 Å². The summed E-state index contributed by atoms with van der Waals surface area (Å²) >= 11 is 0. The molecule has 1 aliphatic carbocycles. The van der Waals surface area contributed by atoms with E-state index < -0.39 is 22.1 Å². The van der Waals surface area contributed by atoms with E-state index in [9.17, 15) is 20.0 Å². The third-order valence-corrected chi connectivity index (χ3v) is 3.01. The zero-order chi connectivity index (χ0) is 13.3. The second kappa shape index (κ2) is 4.26. The van der Waals surface area contributed by atoms with Crippen LogP contribution < -0.4 is 5.32 Å². The van der Waals surface area contributed by atoms with E-state index in [-0.39, 0.29) is 17.9 Å². The van der Waals surface area contributed by atoms with Crippen LogP contribution in [0.15, 0.2) is 18.2 Å². The second-order valence-electron chi connectivity index (χ2n) is 4.33. The normalized spacial score (nSPS) is 16.1. The monoisotopic (exact) mass is 252 g/mol. The van der Waals surface area contributed by atoms with E-state index in [4.69, 9.17) is 5.11 Å². The van der Waals surface area contributed by atoms with Crippen molar-refractivity contribution in [1.82, 2.24) is 0 Å². The van der Waals surface area contributed by atoms with Crippen molar-refractivity contribution in [3.8, 4) is 0 Å². The molecular weight excluding hydrogens is 240 g/mol. The Kier molecular flexibility index (Phi) is 2.92. The largest absolute Gasteiger partial charge is 0.477 e. The van der Waals surface area contributed by atoms with Gasteiger partial charge in [-0.1, -0.05) is 6.07 Å². The maximum absolute atomic E-state index is 11.0. The third kappa shape index (κ3) is 2.12. The van der Waals surface area contributed by atoms with Gasteiger partial charge in [-0.15, -0.1) is 0 Å². The lowest BCUT2D eigenvalue weighted by molar-refractivity contribution is -0.384. The molecule has 1 aromatic rings. The predicted octanol–water partition coefficient (Wildman–Crippen LogP) is 1.23. The zero-order valence-electron chi connectivity index (χ0n) is 9.42. The fraction of sp³-hybridized carbons (Fsp3) is 0.364. The van der Waals surface area contributed by atoms with E-state index in [0.717, 1.165) is 0 Å². The van der Waals surface area contributed by atoms with Crippen LogP contribution in [0.4, 0.5) is 11.4 Å². The van der Waals surface area contributed by atoms with E-state index in [1.807, 2.05) is 0 Å². The van der Waals surface area contributed by atoms with E-state index in [1.165, 1.54) is 18.2 Å². The molecule has 1 aliphatic rings. The van der Waals surface area contributed by atoms with E-state index in [1.54, 1.807) is 0 Å². The number of nitrogens with zero attached hydrogens (tertiary/aromatic N) is 1. The molecule has 0 heterocycles. The Morgan fingerprint density at radius 1 is 1.50 bits per heavy atom. The van der Waals surface area contributed by atoms with E-state index in [0.29, 0.717) is 12.8 Å². The van der Waals surface area contributed by atoms with E-state index >= 15 is 0 Å². The molecule has 3 N–H and O–H groups in total. The van der Waals surface area contributed by atoms with Gasteiger partial charge in [-0.3, -0.25) is 10.1 Å². The fourth-order valence-electron chi connectivity index (χ4n) is 1.77. The highest BCUT2D eigenvalue weighted by atomic mass is 16.6. The van der Waals surface area contributed by atoms with Crippen LogP contribution in [-0.2, 0) is 0 Å². The van der Waals surface area contributed by atoms with Crippen molar-refractivity contribution < 1.29 is 19.9 Å². The summed E-state index contributed by atoms with van der Waals surface area (Å²) in [6.45, 7) is -0.137. The van der Waals surface area contributed by atoms with Gasteiger partial charge in [0.25, 0.3) is 0 Å². The third-order valence-electron chi connectivity index (χ3n) is 3.01. The van der Waals surface area contributed by atoms with Crippen molar-refractivity contribution in [2.45, 2.75) is 18.4 Å². The minimum atomic E-state index is -1.35. The van der Waals surface area contributed by atoms with E-state index in [2.05, 4.69) is 5.32 Å². The van der Waals surface area contributed by atoms with Gasteiger partial charge in [-0.25, -0.2) is 4.79 Å². The maximum Gasteiger partial charge on any atom is 0.342 e. The molecule has 7 nitrogen and oxygen atoms in total. The number of carbonyl (C=O) groups is 1. The first kappa shape index (κ1) is 12.3. The van der Waals surface area contributed by atoms with Gasteiger partial charge in [0.2, 0.25) is 0 Å². The standard InChI is InChI=1S/C11H12N2O5/c14-6-11(4-5-11)12-8-3-1-2-7(10(15)16)9(8)13(17)18/h1-3,12,14H,4-6H2,(H,15,16). The van der Waals surface area contributed by atoms with Crippen molar-refractivity contribution in [1.29, 1.82) is 0 Å². The lowest BCUT2D eigenvalue weighted by Gasteiger charge is -2.16. The number of hydrogen-bond donors (Lipinski definition) is 3. The molecule has 2 rings (SSSR count). The Morgan fingerprint density at radius 2 is 2.17 bits per heavy atom. The van der Waals surface area contributed by atoms with Crippen LogP contribution in [0.25, 0.3) is 0 Å². The van der Waals surface area contributed by atoms with Crippen LogP contribution >= 0.6 is 0 Å². The highest BCUT2D eigenvalue weighted by Gasteiger charge is 2.43. The van der Waals surface area contributed by atoms with Crippen LogP contribution in [0.5, 0.6) is 0 Å². The van der Waals surface area contributed by atoms with Gasteiger partial charge in [0.05, 0.1) is 17.1 Å². The molecule has 1 fully saturated rings. The second-order valence-corrected chi connectivity index (χ2v) is 4.33. The number of benzene rings is 1. The Bertz CT molecular complexity index is 510. The number of rotatable bonds is 5. The Morgan fingerprint density at radius 3 is 2.61 bits per heavy atom. The van der Waals surface area contributed by atoms with Gasteiger partial charge >= 0.3 is 11.7 Å². The van der Waals surface area contributed by atoms with Gasteiger partial charge in [0.1, 0.15) is 11.3 Å². The summed E-state index contributed by atoms with van der Waals surface area (Å²) in [5, 5.41) is 32.0. The smallest absolute Gasteiger partial charge is 0.342 e. The number of aliphatic hydroxyl groups excluding tert-OH is 1. The molecule has 0 radical (unpaired) electrons. The number of aliphatic hydroxyl groups is 1. The average Bonchev–Trinajstić information content (AvgIpc) is 3.08. The quantitative estimate of drug-likeness (QED) is 0.536. The molecule has 0 unspecified atom stereocenters. The first-order valence-electron chi connectivity index (χ1n) is 5.39. The molecule has 7 heteroatoms. The number of nitrogens with one attached hydrogen (secondary N) is 1. The summed E-state index contributed by atoms with van der Waals surface area (Å²) in [7, 11) is 0. The molecule has 0 aromatic heterocycles. The summed E-state index contributed by atoms with van der Waals surface area (Å²) in [5.74, 6) is -1.35. The summed E-state index contributed by atoms with van der Waals surface area (Å²) in [4.78, 5) is 21.2. The van der Waals surface area contributed by atoms with Crippen LogP contribution in [-0.4, -0.2) is 33.3 Å². The molecule has 0 saturated heterocycles. The SMILES string of the molecule is O=C(O)c1cccc(NC2(CO)CC2)c1[N+](=O)[O-]. The lowest BCUT2D eigenvalue weighted by Crippen LogP contribution is -2.26. The summed E-state index contributed by atoms with van der Waals surface area (Å²) in [6, 6.07) is 4.07. The van der Waals surface area contributed by atoms with Crippen LogP contribution in [0.2, 0.25) is 0 Å². The molecule has 1 aromatic carbocycles. The van der Waals surface area contributed by atoms with Gasteiger partial charge in [0.15, 0.2) is 0 Å². The van der Waals surface area contributed by atoms with Crippen LogP contribution in [0.3, 0.4) is 0 Å². The number of para-hydroxylation sites is 1. The molecule has 0 aliphatic heterocycles. The number of nitro groups is 1. The zero-order valence-corrected chi connectivity index (χ0v) is 9.42. The van der Waals surface area contributed by atoms with Gasteiger partial charge < -0.3 is 15.5 Å². The molecule has 96 valence electrons. The highest BCUT2D eigenvalue weighted by molar-refractivity contribution is 5.95. The van der Waals surface area contributed by atoms with Crippen molar-refractivity contribution in [2.24, 2.45) is 0 Å². The van der Waals surface area contributed by atoms with Crippen LogP contribution in [0, 0.1) is 10.1 Å². The minimum Gasteiger partial charge on any atom is -0.477 e. The van der Waals surface area contributed by atoms with Gasteiger partial charge in [0, 0.05) is 0 Å². The number of aromatic carboxylic acids is 1. The predicted molar refractivity (Wildman–Crippen MR) is 62.7 cm³/mol. The topological polar surface area (TPSA) is 113 Å². The van der Waals surface area contributed by atoms with Gasteiger partial charge in [-0.05, 0) is 25.0 Å². The number of nitro benzene ring substituents is 1. The Hall–Kier alpha value is -2.15. The summed E-state index contributed by atoms with van der Waals surface area (Å²) < 4.78 is 0. The van der Waals surface area contributed by atoms with Crippen molar-refractivity contribution in [2.75, 3.05) is 11.9 Å². The number of anilines is 1. The average molecular weight is 252 g/mol. The number of carboxylic acid groups (broad SMARTS) is 1. The molecule has 1 saturated carbocycles. The number of carboxylic acids is 1. The minimum absolute atomic E-state index is 0.131. The van der Waals surface area contributed by atoms with Crippen molar-refractivity contribution in [3.05, 3.63) is 33.9 Å². The maximum atomic E-state index is 11.0. The summed E-state index contributed by atoms with van der Waals surface area (Å²) in [5.41, 5.74) is -1.24. The van der Waals surface area contributed by atoms with Crippen LogP contribution in [0.1, 0.15) is 23.2 Å². The molecule has 18 heavy (non-hydrogen) atoms. The molecule has 0 spiro atoms. The Labute approximate surface area is 102 Å². The first-order valence-corrected chi connectivity index (χ1v) is 5.39. The molecule has 0 bridgehead atoms. The highest BCUT2D eigenvalue weighted by Crippen LogP contribution is 2.41.